The smallest absolute Gasteiger partial charge is 0.293 e. The van der Waals surface area contributed by atoms with E-state index in [4.69, 9.17) is 0 Å². The lowest BCUT2D eigenvalue weighted by Crippen LogP contribution is -1.93. The van der Waals surface area contributed by atoms with Gasteiger partial charge in [-0.1, -0.05) is 19.1 Å². The van der Waals surface area contributed by atoms with Crippen molar-refractivity contribution in [3.8, 4) is 0 Å². The summed E-state index contributed by atoms with van der Waals surface area (Å²) in [5.74, 6) is 0. The Balaban J connectivity index is 2.66. The molecule has 5 nitrogen and oxygen atoms in total. The van der Waals surface area contributed by atoms with Crippen molar-refractivity contribution < 1.29 is 10.0 Å². The average Bonchev–Trinajstić information content (AvgIpc) is 2.71. The Labute approximate surface area is 91.9 Å². The molecule has 0 aliphatic carbocycles. The second-order valence-electron chi connectivity index (χ2n) is 3.62. The number of para-hydroxylation sites is 1. The monoisotopic (exact) mass is 220 g/mol. The van der Waals surface area contributed by atoms with Crippen molar-refractivity contribution in [3.63, 3.8) is 0 Å². The SMILES string of the molecule is CC[C@@H](O)c1c[nH]c2c([N+](=O)[O-])cccc12. The zero-order valence-electron chi connectivity index (χ0n) is 8.80. The molecule has 2 rings (SSSR count). The number of nitrogens with one attached hydrogen (secondary N) is 1. The molecule has 1 atom stereocenters. The summed E-state index contributed by atoms with van der Waals surface area (Å²) in [7, 11) is 0. The van der Waals surface area contributed by atoms with Crippen LogP contribution in [-0.4, -0.2) is 15.0 Å². The molecule has 1 aromatic heterocycles. The highest BCUT2D eigenvalue weighted by Gasteiger charge is 2.17. The number of nitrogens with zero attached hydrogens (tertiary/aromatic N) is 1. The molecule has 84 valence electrons. The van der Waals surface area contributed by atoms with Gasteiger partial charge in [0.1, 0.15) is 5.52 Å². The topological polar surface area (TPSA) is 79.2 Å². The van der Waals surface area contributed by atoms with E-state index in [2.05, 4.69) is 4.98 Å². The van der Waals surface area contributed by atoms with Crippen LogP contribution in [0, 0.1) is 10.1 Å². The van der Waals surface area contributed by atoms with Gasteiger partial charge in [-0.3, -0.25) is 10.1 Å². The summed E-state index contributed by atoms with van der Waals surface area (Å²) in [6, 6.07) is 4.84. The standard InChI is InChI=1S/C11H12N2O3/c1-2-10(14)8-6-12-11-7(8)4-3-5-9(11)13(15)16/h3-6,10,12,14H,2H2,1H3/t10-/m1/s1. The lowest BCUT2D eigenvalue weighted by molar-refractivity contribution is -0.383. The van der Waals surface area contributed by atoms with E-state index in [1.165, 1.54) is 6.07 Å². The zero-order chi connectivity index (χ0) is 11.7. The molecular weight excluding hydrogens is 208 g/mol. The molecule has 0 saturated carbocycles. The van der Waals surface area contributed by atoms with Gasteiger partial charge in [-0.2, -0.15) is 0 Å². The molecule has 0 unspecified atom stereocenters. The number of H-pyrrole nitrogens is 1. The maximum Gasteiger partial charge on any atom is 0.293 e. The van der Waals surface area contributed by atoms with Gasteiger partial charge in [0.2, 0.25) is 0 Å². The summed E-state index contributed by atoms with van der Waals surface area (Å²) in [6.07, 6.45) is 1.62. The van der Waals surface area contributed by atoms with Crippen molar-refractivity contribution in [2.75, 3.05) is 0 Å². The maximum absolute atomic E-state index is 10.8. The summed E-state index contributed by atoms with van der Waals surface area (Å²) in [5.41, 5.74) is 1.21. The molecule has 0 aliphatic rings. The third-order valence-electron chi connectivity index (χ3n) is 2.67. The first kappa shape index (κ1) is 10.6. The maximum atomic E-state index is 10.8. The normalized spacial score (nSPS) is 12.9. The van der Waals surface area contributed by atoms with Crippen molar-refractivity contribution >= 4 is 16.6 Å². The van der Waals surface area contributed by atoms with E-state index < -0.39 is 11.0 Å². The molecule has 0 radical (unpaired) electrons. The van der Waals surface area contributed by atoms with Gasteiger partial charge in [-0.05, 0) is 6.42 Å². The largest absolute Gasteiger partial charge is 0.388 e. The molecule has 5 heteroatoms. The van der Waals surface area contributed by atoms with Crippen LogP contribution < -0.4 is 0 Å². The summed E-state index contributed by atoms with van der Waals surface area (Å²) in [6.45, 7) is 1.86. The Bertz CT molecular complexity index is 533. The first-order valence-electron chi connectivity index (χ1n) is 5.07. The minimum Gasteiger partial charge on any atom is -0.388 e. The van der Waals surface area contributed by atoms with E-state index in [9.17, 15) is 15.2 Å². The van der Waals surface area contributed by atoms with Crippen molar-refractivity contribution in [1.29, 1.82) is 0 Å². The Morgan fingerprint density at radius 3 is 2.94 bits per heavy atom. The molecule has 0 amide bonds. The average molecular weight is 220 g/mol. The Hall–Kier alpha value is -1.88. The van der Waals surface area contributed by atoms with Crippen LogP contribution >= 0.6 is 0 Å². The van der Waals surface area contributed by atoms with Gasteiger partial charge >= 0.3 is 0 Å². The van der Waals surface area contributed by atoms with Crippen LogP contribution in [0.3, 0.4) is 0 Å². The Morgan fingerprint density at radius 2 is 2.31 bits per heavy atom. The number of rotatable bonds is 3. The van der Waals surface area contributed by atoms with E-state index >= 15 is 0 Å². The van der Waals surface area contributed by atoms with Crippen LogP contribution in [0.4, 0.5) is 5.69 Å². The predicted octanol–water partition coefficient (Wildman–Crippen LogP) is 2.52. The number of hydrogen-bond donors (Lipinski definition) is 2. The van der Waals surface area contributed by atoms with Crippen LogP contribution in [0.5, 0.6) is 0 Å². The van der Waals surface area contributed by atoms with Crippen LogP contribution in [0.15, 0.2) is 24.4 Å². The number of nitro benzene ring substituents is 1. The van der Waals surface area contributed by atoms with Crippen molar-refractivity contribution in [2.45, 2.75) is 19.4 Å². The number of aliphatic hydroxyl groups is 1. The van der Waals surface area contributed by atoms with Gasteiger partial charge in [0.25, 0.3) is 5.69 Å². The molecule has 2 N–H and O–H groups in total. The number of fused-ring (bicyclic) bond motifs is 1. The highest BCUT2D eigenvalue weighted by Crippen LogP contribution is 2.31. The van der Waals surface area contributed by atoms with Crippen LogP contribution in [0.25, 0.3) is 10.9 Å². The van der Waals surface area contributed by atoms with Crippen LogP contribution in [0.2, 0.25) is 0 Å². The molecule has 1 aromatic carbocycles. The highest BCUT2D eigenvalue weighted by atomic mass is 16.6. The molecule has 0 spiro atoms. The van der Waals surface area contributed by atoms with Gasteiger partial charge in [0.05, 0.1) is 11.0 Å². The quantitative estimate of drug-likeness (QED) is 0.616. The Morgan fingerprint density at radius 1 is 1.56 bits per heavy atom. The molecule has 1 heterocycles. The lowest BCUT2D eigenvalue weighted by atomic mass is 10.1. The summed E-state index contributed by atoms with van der Waals surface area (Å²) >= 11 is 0. The summed E-state index contributed by atoms with van der Waals surface area (Å²) < 4.78 is 0. The minimum atomic E-state index is -0.587. The summed E-state index contributed by atoms with van der Waals surface area (Å²) in [4.78, 5) is 13.2. The van der Waals surface area contributed by atoms with Crippen molar-refractivity contribution in [2.24, 2.45) is 0 Å². The fourth-order valence-electron chi connectivity index (χ4n) is 1.81. The van der Waals surface area contributed by atoms with E-state index in [1.807, 2.05) is 6.92 Å². The van der Waals surface area contributed by atoms with E-state index in [1.54, 1.807) is 18.3 Å². The zero-order valence-corrected chi connectivity index (χ0v) is 8.80. The first-order chi connectivity index (χ1) is 7.65. The second-order valence-corrected chi connectivity index (χ2v) is 3.62. The number of aromatic amines is 1. The predicted molar refractivity (Wildman–Crippen MR) is 60.2 cm³/mol. The van der Waals surface area contributed by atoms with Gasteiger partial charge in [-0.15, -0.1) is 0 Å². The van der Waals surface area contributed by atoms with E-state index in [-0.39, 0.29) is 5.69 Å². The number of aliphatic hydroxyl groups excluding tert-OH is 1. The van der Waals surface area contributed by atoms with Crippen LogP contribution in [0.1, 0.15) is 25.0 Å². The Kier molecular flexibility index (Phi) is 2.62. The van der Waals surface area contributed by atoms with Crippen LogP contribution in [-0.2, 0) is 0 Å². The number of aromatic nitrogens is 1. The minimum absolute atomic E-state index is 0.0343. The van der Waals surface area contributed by atoms with E-state index in [0.717, 1.165) is 0 Å². The molecule has 0 bridgehead atoms. The third kappa shape index (κ3) is 1.55. The molecular formula is C11H12N2O3. The first-order valence-corrected chi connectivity index (χ1v) is 5.07. The molecule has 0 aliphatic heterocycles. The fraction of sp³-hybridized carbons (Fsp3) is 0.273. The van der Waals surface area contributed by atoms with Gasteiger partial charge in [-0.25, -0.2) is 0 Å². The van der Waals surface area contributed by atoms with Crippen molar-refractivity contribution in [3.05, 3.63) is 40.1 Å². The van der Waals surface area contributed by atoms with E-state index in [0.29, 0.717) is 22.9 Å². The number of benzene rings is 1. The fourth-order valence-corrected chi connectivity index (χ4v) is 1.81. The molecule has 16 heavy (non-hydrogen) atoms. The number of hydrogen-bond acceptors (Lipinski definition) is 3. The number of non-ortho nitro benzene ring substituents is 1. The third-order valence-corrected chi connectivity index (χ3v) is 2.67. The van der Waals surface area contributed by atoms with Gasteiger partial charge in [0.15, 0.2) is 0 Å². The van der Waals surface area contributed by atoms with Gasteiger partial charge in [0, 0.05) is 23.2 Å². The lowest BCUT2D eigenvalue weighted by Gasteiger charge is -2.05. The highest BCUT2D eigenvalue weighted by molar-refractivity contribution is 5.90. The molecule has 0 saturated heterocycles. The van der Waals surface area contributed by atoms with Gasteiger partial charge < -0.3 is 10.1 Å². The number of nitro groups is 1. The second kappa shape index (κ2) is 3.94. The summed E-state index contributed by atoms with van der Waals surface area (Å²) in [5, 5.41) is 21.3. The van der Waals surface area contributed by atoms with Crippen molar-refractivity contribution in [1.82, 2.24) is 4.98 Å². The molecule has 2 aromatic rings. The molecule has 0 fully saturated rings.